The van der Waals surface area contributed by atoms with Crippen molar-refractivity contribution in [1.29, 1.82) is 0 Å². The molecule has 4 heteroatoms. The summed E-state index contributed by atoms with van der Waals surface area (Å²) >= 11 is 5.04. The van der Waals surface area contributed by atoms with Crippen LogP contribution in [0, 0.1) is 18.6 Å². The second-order valence-corrected chi connectivity index (χ2v) is 3.83. The maximum absolute atomic E-state index is 5.04. The molecule has 0 bridgehead atoms. The molecule has 15 heavy (non-hydrogen) atoms. The summed E-state index contributed by atoms with van der Waals surface area (Å²) in [5.41, 5.74) is 3.93. The van der Waals surface area contributed by atoms with Crippen molar-refractivity contribution in [2.45, 2.75) is 13.8 Å². The van der Waals surface area contributed by atoms with Gasteiger partial charge in [0, 0.05) is 23.1 Å². The van der Waals surface area contributed by atoms with Crippen LogP contribution in [-0.2, 0) is 0 Å². The third-order valence-electron chi connectivity index (χ3n) is 2.07. The van der Waals surface area contributed by atoms with E-state index in [9.17, 15) is 0 Å². The van der Waals surface area contributed by atoms with Gasteiger partial charge in [0.25, 0.3) is 0 Å². The Balaban J connectivity index is 2.59. The van der Waals surface area contributed by atoms with Gasteiger partial charge in [-0.05, 0) is 44.3 Å². The normalized spacial score (nSPS) is 10.3. The predicted molar refractivity (Wildman–Crippen MR) is 62.1 cm³/mol. The van der Waals surface area contributed by atoms with Gasteiger partial charge in [0.2, 0.25) is 0 Å². The third kappa shape index (κ3) is 2.27. The first-order valence-electron chi connectivity index (χ1n) is 4.66. The van der Waals surface area contributed by atoms with Crippen molar-refractivity contribution in [3.63, 3.8) is 0 Å². The quantitative estimate of drug-likeness (QED) is 0.747. The van der Waals surface area contributed by atoms with Crippen LogP contribution in [-0.4, -0.2) is 15.0 Å². The third-order valence-corrected chi connectivity index (χ3v) is 2.27. The fourth-order valence-electron chi connectivity index (χ4n) is 1.43. The lowest BCUT2D eigenvalue weighted by molar-refractivity contribution is 1.08. The lowest BCUT2D eigenvalue weighted by atomic mass is 10.1. The number of nitrogens with zero attached hydrogens (tertiary/aromatic N) is 2. The van der Waals surface area contributed by atoms with Crippen LogP contribution < -0.4 is 0 Å². The molecule has 2 heterocycles. The van der Waals surface area contributed by atoms with Crippen LogP contribution >= 0.6 is 12.2 Å². The fraction of sp³-hybridized carbons (Fsp3) is 0.182. The van der Waals surface area contributed by atoms with Crippen LogP contribution in [0.15, 0.2) is 24.4 Å². The fourth-order valence-corrected chi connectivity index (χ4v) is 1.69. The Morgan fingerprint density at radius 2 is 2.07 bits per heavy atom. The Labute approximate surface area is 93.2 Å². The first-order valence-corrected chi connectivity index (χ1v) is 5.07. The average molecular weight is 217 g/mol. The monoisotopic (exact) mass is 217 g/mol. The van der Waals surface area contributed by atoms with Gasteiger partial charge in [-0.25, -0.2) is 4.98 Å². The van der Waals surface area contributed by atoms with E-state index in [1.54, 1.807) is 6.20 Å². The van der Waals surface area contributed by atoms with Gasteiger partial charge in [-0.2, -0.15) is 0 Å². The van der Waals surface area contributed by atoms with Gasteiger partial charge in [-0.15, -0.1) is 0 Å². The summed E-state index contributed by atoms with van der Waals surface area (Å²) < 4.78 is 0.513. The van der Waals surface area contributed by atoms with Crippen molar-refractivity contribution in [2.24, 2.45) is 0 Å². The summed E-state index contributed by atoms with van der Waals surface area (Å²) in [7, 11) is 0. The first-order chi connectivity index (χ1) is 7.15. The molecule has 0 radical (unpaired) electrons. The van der Waals surface area contributed by atoms with E-state index in [2.05, 4.69) is 15.0 Å². The number of aryl methyl sites for hydroxylation is 2. The number of hydrogen-bond acceptors (Lipinski definition) is 3. The van der Waals surface area contributed by atoms with Gasteiger partial charge in [-0.1, -0.05) is 0 Å². The number of aromatic amines is 1. The highest BCUT2D eigenvalue weighted by atomic mass is 32.1. The largest absolute Gasteiger partial charge is 0.335 e. The molecule has 0 aliphatic carbocycles. The molecule has 0 aliphatic heterocycles. The van der Waals surface area contributed by atoms with E-state index in [-0.39, 0.29) is 0 Å². The molecular formula is C11H11N3S. The Hall–Kier alpha value is -1.55. The summed E-state index contributed by atoms with van der Waals surface area (Å²) in [6.45, 7) is 3.93. The molecule has 2 rings (SSSR count). The zero-order chi connectivity index (χ0) is 10.8. The number of pyridine rings is 1. The molecular weight excluding hydrogens is 206 g/mol. The molecule has 0 spiro atoms. The highest BCUT2D eigenvalue weighted by molar-refractivity contribution is 7.71. The van der Waals surface area contributed by atoms with E-state index in [1.165, 1.54) is 0 Å². The molecule has 3 nitrogen and oxygen atoms in total. The first kappa shape index (κ1) is 9.98. The van der Waals surface area contributed by atoms with Crippen LogP contribution in [0.5, 0.6) is 0 Å². The Morgan fingerprint density at radius 1 is 1.27 bits per heavy atom. The highest BCUT2D eigenvalue weighted by Crippen LogP contribution is 2.16. The van der Waals surface area contributed by atoms with E-state index in [1.807, 2.05) is 32.0 Å². The van der Waals surface area contributed by atoms with Gasteiger partial charge in [0.1, 0.15) is 0 Å². The maximum Gasteiger partial charge on any atom is 0.197 e. The van der Waals surface area contributed by atoms with Crippen molar-refractivity contribution in [1.82, 2.24) is 15.0 Å². The van der Waals surface area contributed by atoms with Crippen molar-refractivity contribution >= 4 is 12.2 Å². The maximum atomic E-state index is 5.04. The summed E-state index contributed by atoms with van der Waals surface area (Å²) in [5, 5.41) is 0. The van der Waals surface area contributed by atoms with Gasteiger partial charge in [-0.3, -0.25) is 4.98 Å². The Bertz CT molecular complexity index is 546. The Morgan fingerprint density at radius 3 is 2.73 bits per heavy atom. The minimum absolute atomic E-state index is 0.513. The lowest BCUT2D eigenvalue weighted by Crippen LogP contribution is -1.91. The molecule has 2 aromatic heterocycles. The van der Waals surface area contributed by atoms with Gasteiger partial charge in [0.15, 0.2) is 4.77 Å². The van der Waals surface area contributed by atoms with Crippen LogP contribution in [0.4, 0.5) is 0 Å². The van der Waals surface area contributed by atoms with E-state index in [4.69, 9.17) is 12.2 Å². The smallest absolute Gasteiger partial charge is 0.197 e. The van der Waals surface area contributed by atoms with Crippen molar-refractivity contribution in [3.05, 3.63) is 40.6 Å². The van der Waals surface area contributed by atoms with Gasteiger partial charge >= 0.3 is 0 Å². The van der Waals surface area contributed by atoms with Crippen molar-refractivity contribution in [3.8, 4) is 11.3 Å². The summed E-state index contributed by atoms with van der Waals surface area (Å²) in [6, 6.07) is 5.91. The molecule has 0 saturated heterocycles. The molecule has 0 aromatic carbocycles. The molecule has 2 aromatic rings. The highest BCUT2D eigenvalue weighted by Gasteiger charge is 2.00. The lowest BCUT2D eigenvalue weighted by Gasteiger charge is -2.02. The van der Waals surface area contributed by atoms with Crippen LogP contribution in [0.2, 0.25) is 0 Å². The zero-order valence-corrected chi connectivity index (χ0v) is 9.43. The van der Waals surface area contributed by atoms with Crippen LogP contribution in [0.1, 0.15) is 11.4 Å². The minimum atomic E-state index is 0.513. The van der Waals surface area contributed by atoms with Crippen molar-refractivity contribution < 1.29 is 0 Å². The molecule has 0 atom stereocenters. The number of aromatic nitrogens is 3. The van der Waals surface area contributed by atoms with Gasteiger partial charge < -0.3 is 4.98 Å². The predicted octanol–water partition coefficient (Wildman–Crippen LogP) is 2.82. The summed E-state index contributed by atoms with van der Waals surface area (Å²) in [6.07, 6.45) is 1.78. The standard InChI is InChI=1S/C11H11N3S/c1-7-5-9(3-4-12-7)10-6-8(2)13-11(15)14-10/h3-6H,1-2H3,(H,13,14,15). The average Bonchev–Trinajstić information content (AvgIpc) is 2.16. The topological polar surface area (TPSA) is 41.6 Å². The second-order valence-electron chi connectivity index (χ2n) is 3.44. The molecule has 0 unspecified atom stereocenters. The number of nitrogens with one attached hydrogen (secondary N) is 1. The molecule has 76 valence electrons. The molecule has 0 fully saturated rings. The molecule has 1 N–H and O–H groups in total. The molecule has 0 amide bonds. The number of H-pyrrole nitrogens is 1. The van der Waals surface area contributed by atoms with Crippen LogP contribution in [0.25, 0.3) is 11.3 Å². The van der Waals surface area contributed by atoms with E-state index >= 15 is 0 Å². The van der Waals surface area contributed by atoms with E-state index in [0.717, 1.165) is 22.6 Å². The summed E-state index contributed by atoms with van der Waals surface area (Å²) in [5.74, 6) is 0. The summed E-state index contributed by atoms with van der Waals surface area (Å²) in [4.78, 5) is 11.4. The van der Waals surface area contributed by atoms with E-state index < -0.39 is 0 Å². The molecule has 0 saturated carbocycles. The zero-order valence-electron chi connectivity index (χ0n) is 8.61. The second kappa shape index (κ2) is 3.90. The minimum Gasteiger partial charge on any atom is -0.335 e. The van der Waals surface area contributed by atoms with Crippen molar-refractivity contribution in [2.75, 3.05) is 0 Å². The molecule has 0 aliphatic rings. The Kier molecular flexibility index (Phi) is 2.60. The number of hydrogen-bond donors (Lipinski definition) is 1. The SMILES string of the molecule is Cc1cc(-c2cc(C)[nH]c(=S)n2)ccn1. The van der Waals surface area contributed by atoms with Gasteiger partial charge in [0.05, 0.1) is 5.69 Å². The van der Waals surface area contributed by atoms with Crippen LogP contribution in [0.3, 0.4) is 0 Å². The van der Waals surface area contributed by atoms with E-state index in [0.29, 0.717) is 4.77 Å². The number of rotatable bonds is 1.